The number of aromatic nitrogens is 5. The molecule has 31 heavy (non-hydrogen) atoms. The molecular formula is C20H22N8O3. The lowest BCUT2D eigenvalue weighted by molar-refractivity contribution is -0.117. The predicted octanol–water partition coefficient (Wildman–Crippen LogP) is 1.73. The van der Waals surface area contributed by atoms with E-state index in [1.54, 1.807) is 18.2 Å². The van der Waals surface area contributed by atoms with Crippen LogP contribution in [0.4, 0.5) is 17.2 Å². The van der Waals surface area contributed by atoms with Crippen LogP contribution in [-0.4, -0.2) is 51.1 Å². The van der Waals surface area contributed by atoms with Crippen molar-refractivity contribution >= 4 is 29.0 Å². The van der Waals surface area contributed by atoms with Crippen molar-refractivity contribution < 1.29 is 22.6 Å². The number of carbonyl (C=O) groups excluding carboxylic acids is 2. The minimum atomic E-state index is -2.78. The summed E-state index contributed by atoms with van der Waals surface area (Å²) in [5.41, 5.74) is 0.590. The predicted molar refractivity (Wildman–Crippen MR) is 113 cm³/mol. The fraction of sp³-hybridized carbons (Fsp3) is 0.300. The Labute approximate surface area is 186 Å². The van der Waals surface area contributed by atoms with Crippen molar-refractivity contribution in [3.8, 4) is 17.0 Å². The van der Waals surface area contributed by atoms with Gasteiger partial charge in [0.1, 0.15) is 5.69 Å². The minimum absolute atomic E-state index is 0.0319. The highest BCUT2D eigenvalue weighted by molar-refractivity contribution is 6.00. The third kappa shape index (κ3) is 4.29. The second kappa shape index (κ2) is 8.38. The molecule has 1 aliphatic carbocycles. The fourth-order valence-electron chi connectivity index (χ4n) is 2.94. The average molecular weight is 428 g/mol. The quantitative estimate of drug-likeness (QED) is 0.518. The van der Waals surface area contributed by atoms with Crippen molar-refractivity contribution in [3.05, 3.63) is 36.2 Å². The number of carbonyl (C=O) groups is 2. The number of rotatable bonds is 7. The van der Waals surface area contributed by atoms with Gasteiger partial charge in [-0.15, -0.1) is 10.2 Å². The summed E-state index contributed by atoms with van der Waals surface area (Å²) in [6.07, 6.45) is 2.79. The van der Waals surface area contributed by atoms with Crippen LogP contribution in [0.15, 0.2) is 30.5 Å². The lowest BCUT2D eigenvalue weighted by atomic mass is 10.1. The molecule has 160 valence electrons. The van der Waals surface area contributed by atoms with Gasteiger partial charge >= 0.3 is 0 Å². The van der Waals surface area contributed by atoms with Crippen molar-refractivity contribution in [2.24, 2.45) is 12.9 Å². The monoisotopic (exact) mass is 428 g/mol. The van der Waals surface area contributed by atoms with Crippen LogP contribution < -0.4 is 20.7 Å². The summed E-state index contributed by atoms with van der Waals surface area (Å²) in [6, 6.07) is 6.21. The molecule has 1 fully saturated rings. The van der Waals surface area contributed by atoms with Crippen molar-refractivity contribution in [1.82, 2.24) is 30.5 Å². The van der Waals surface area contributed by atoms with Gasteiger partial charge in [0.25, 0.3) is 5.91 Å². The van der Waals surface area contributed by atoms with E-state index in [9.17, 15) is 9.59 Å². The molecule has 0 unspecified atom stereocenters. The van der Waals surface area contributed by atoms with Crippen LogP contribution in [0.1, 0.15) is 31.6 Å². The number of ether oxygens (including phenoxy) is 1. The topological polar surface area (TPSA) is 136 Å². The van der Waals surface area contributed by atoms with E-state index in [2.05, 4.69) is 31.0 Å². The van der Waals surface area contributed by atoms with E-state index >= 15 is 0 Å². The van der Waals surface area contributed by atoms with Gasteiger partial charge in [-0.2, -0.15) is 15.0 Å². The maximum Gasteiger partial charge on any atom is 0.273 e. The molecular weight excluding hydrogens is 400 g/mol. The summed E-state index contributed by atoms with van der Waals surface area (Å²) < 4.78 is 49.9. The van der Waals surface area contributed by atoms with Gasteiger partial charge < -0.3 is 20.7 Å². The third-order valence-corrected chi connectivity index (χ3v) is 4.58. The number of amides is 2. The standard InChI is InChI=1S/C20H22N8O3/c1-21-20(30)17-14(9-16(25-26-17)24-19(29)11-7-8-11)23-13-6-4-5-12(18(13)31-3)15-10-22-28(2)27-15/h4-6,9-11H,7-8H2,1-3H3,(H,21,30)(H2,23,24,25,29)/i1D3,2D3. The Morgan fingerprint density at radius 3 is 2.84 bits per heavy atom. The lowest BCUT2D eigenvalue weighted by Crippen LogP contribution is -2.22. The molecule has 11 heteroatoms. The molecule has 0 spiro atoms. The molecule has 2 heterocycles. The van der Waals surface area contributed by atoms with Crippen LogP contribution in [0, 0.1) is 5.92 Å². The first-order chi connectivity index (χ1) is 17.4. The average Bonchev–Trinajstić information content (AvgIpc) is 3.53. The number of nitrogens with one attached hydrogen (secondary N) is 3. The Kier molecular flexibility index (Phi) is 3.80. The number of hydrogen-bond donors (Lipinski definition) is 3. The molecule has 0 radical (unpaired) electrons. The highest BCUT2D eigenvalue weighted by Crippen LogP contribution is 2.37. The largest absolute Gasteiger partial charge is 0.494 e. The molecule has 0 aliphatic heterocycles. The normalized spacial score (nSPS) is 16.5. The van der Waals surface area contributed by atoms with Gasteiger partial charge in [0.05, 0.1) is 24.7 Å². The zero-order chi connectivity index (χ0) is 27.0. The summed E-state index contributed by atoms with van der Waals surface area (Å²) >= 11 is 0. The van der Waals surface area contributed by atoms with Crippen LogP contribution in [-0.2, 0) is 11.8 Å². The van der Waals surface area contributed by atoms with Gasteiger partial charge in [0.15, 0.2) is 17.3 Å². The van der Waals surface area contributed by atoms with Crippen molar-refractivity contribution in [1.29, 1.82) is 0 Å². The van der Waals surface area contributed by atoms with E-state index < -0.39 is 19.9 Å². The first-order valence-electron chi connectivity index (χ1n) is 12.2. The fourth-order valence-corrected chi connectivity index (χ4v) is 2.94. The van der Waals surface area contributed by atoms with E-state index in [1.807, 2.05) is 5.32 Å². The Bertz CT molecular complexity index is 1340. The third-order valence-electron chi connectivity index (χ3n) is 4.58. The van der Waals surface area contributed by atoms with E-state index in [4.69, 9.17) is 13.0 Å². The molecule has 2 amide bonds. The Morgan fingerprint density at radius 2 is 2.13 bits per heavy atom. The van der Waals surface area contributed by atoms with Crippen molar-refractivity contribution in [3.63, 3.8) is 0 Å². The molecule has 11 nitrogen and oxygen atoms in total. The number of benzene rings is 1. The van der Waals surface area contributed by atoms with E-state index in [0.717, 1.165) is 12.8 Å². The number of aryl methyl sites for hydroxylation is 1. The van der Waals surface area contributed by atoms with Gasteiger partial charge in [0.2, 0.25) is 5.91 Å². The Hall–Kier alpha value is -4.02. The summed E-state index contributed by atoms with van der Waals surface area (Å²) in [4.78, 5) is 25.5. The Morgan fingerprint density at radius 1 is 1.26 bits per heavy atom. The summed E-state index contributed by atoms with van der Waals surface area (Å²) in [7, 11) is 1.38. The number of hydrogen-bond acceptors (Lipinski definition) is 8. The van der Waals surface area contributed by atoms with Crippen LogP contribution in [0.3, 0.4) is 0 Å². The van der Waals surface area contributed by atoms with Crippen LogP contribution in [0.25, 0.3) is 11.3 Å². The van der Waals surface area contributed by atoms with Crippen LogP contribution in [0.2, 0.25) is 0 Å². The molecule has 3 aromatic rings. The molecule has 0 bridgehead atoms. The zero-order valence-electron chi connectivity index (χ0n) is 22.3. The molecule has 2 aromatic heterocycles. The van der Waals surface area contributed by atoms with E-state index in [-0.39, 0.29) is 40.5 Å². The second-order valence-corrected chi connectivity index (χ2v) is 6.74. The lowest BCUT2D eigenvalue weighted by Gasteiger charge is -2.16. The molecule has 4 rings (SSSR count). The van der Waals surface area contributed by atoms with Gasteiger partial charge in [-0.3, -0.25) is 9.59 Å². The molecule has 1 aromatic carbocycles. The summed E-state index contributed by atoms with van der Waals surface area (Å²) in [5.74, 6) is -1.09. The number of para-hydroxylation sites is 1. The molecule has 1 saturated carbocycles. The second-order valence-electron chi connectivity index (χ2n) is 6.74. The van der Waals surface area contributed by atoms with Crippen LogP contribution >= 0.6 is 0 Å². The SMILES string of the molecule is [2H]C([2H])([2H])NC(=O)c1nnc(NC(=O)C2CC2)cc1Nc1cccc(-c2cnn(C([2H])([2H])[2H])n2)c1OC. The molecule has 1 aliphatic rings. The van der Waals surface area contributed by atoms with Crippen molar-refractivity contribution in [2.45, 2.75) is 12.8 Å². The minimum Gasteiger partial charge on any atom is -0.494 e. The van der Waals surface area contributed by atoms with Gasteiger partial charge in [-0.1, -0.05) is 6.07 Å². The highest BCUT2D eigenvalue weighted by Gasteiger charge is 2.30. The maximum atomic E-state index is 12.7. The summed E-state index contributed by atoms with van der Waals surface area (Å²) in [5, 5.41) is 22.9. The molecule has 0 saturated heterocycles. The zero-order valence-corrected chi connectivity index (χ0v) is 16.3. The number of nitrogens with zero attached hydrogens (tertiary/aromatic N) is 5. The van der Waals surface area contributed by atoms with Gasteiger partial charge in [-0.05, 0) is 25.0 Å². The first kappa shape index (κ1) is 14.1. The van der Waals surface area contributed by atoms with E-state index in [1.165, 1.54) is 19.4 Å². The molecule has 3 N–H and O–H groups in total. The number of methoxy groups -OCH3 is 1. The van der Waals surface area contributed by atoms with Crippen molar-refractivity contribution in [2.75, 3.05) is 24.7 Å². The Balaban J connectivity index is 1.72. The molecule has 0 atom stereocenters. The highest BCUT2D eigenvalue weighted by atomic mass is 16.5. The summed E-state index contributed by atoms with van der Waals surface area (Å²) in [6.45, 7) is -5.35. The maximum absolute atomic E-state index is 12.7. The van der Waals surface area contributed by atoms with Crippen LogP contribution in [0.5, 0.6) is 5.75 Å². The number of anilines is 3. The van der Waals surface area contributed by atoms with Gasteiger partial charge in [-0.25, -0.2) is 0 Å². The van der Waals surface area contributed by atoms with Gasteiger partial charge in [0, 0.05) is 39.7 Å². The first-order valence-corrected chi connectivity index (χ1v) is 9.24. The smallest absolute Gasteiger partial charge is 0.273 e. The van der Waals surface area contributed by atoms with E-state index in [0.29, 0.717) is 16.0 Å².